The van der Waals surface area contributed by atoms with Crippen LogP contribution < -0.4 is 0 Å². The Balaban J connectivity index is 2.43. The van der Waals surface area contributed by atoms with Crippen LogP contribution >= 0.6 is 0 Å². The van der Waals surface area contributed by atoms with Crippen LogP contribution in [0.5, 0.6) is 0 Å². The molecule has 0 aliphatic carbocycles. The summed E-state index contributed by atoms with van der Waals surface area (Å²) in [5.74, 6) is -0.450. The lowest BCUT2D eigenvalue weighted by Gasteiger charge is -2.31. The molecule has 1 fully saturated rings. The highest BCUT2D eigenvalue weighted by molar-refractivity contribution is 5.79. The molecule has 1 saturated heterocycles. The van der Waals surface area contributed by atoms with Gasteiger partial charge in [-0.1, -0.05) is 0 Å². The third-order valence-electron chi connectivity index (χ3n) is 2.74. The summed E-state index contributed by atoms with van der Waals surface area (Å²) in [4.78, 5) is 24.7. The molecular weight excluding hydrogens is 210 g/mol. The first-order chi connectivity index (χ1) is 7.69. The Hall–Kier alpha value is -1.10. The summed E-state index contributed by atoms with van der Waals surface area (Å²) < 4.78 is 9.75. The molecule has 1 aliphatic heterocycles. The van der Waals surface area contributed by atoms with Crippen molar-refractivity contribution in [2.45, 2.75) is 19.8 Å². The van der Waals surface area contributed by atoms with Crippen molar-refractivity contribution in [3.8, 4) is 0 Å². The maximum absolute atomic E-state index is 11.7. The first-order valence-corrected chi connectivity index (χ1v) is 5.62. The van der Waals surface area contributed by atoms with Crippen molar-refractivity contribution in [3.63, 3.8) is 0 Å². The molecule has 1 atom stereocenters. The summed E-state index contributed by atoms with van der Waals surface area (Å²) in [6, 6.07) is 0. The second kappa shape index (κ2) is 6.48. The normalized spacial score (nSPS) is 20.6. The number of amides is 1. The molecule has 5 nitrogen and oxygen atoms in total. The number of methoxy groups -OCH3 is 1. The molecule has 0 aromatic carbocycles. The highest BCUT2D eigenvalue weighted by Crippen LogP contribution is 2.17. The van der Waals surface area contributed by atoms with E-state index in [1.165, 1.54) is 7.11 Å². The molecule has 1 rings (SSSR count). The predicted molar refractivity (Wildman–Crippen MR) is 57.8 cm³/mol. The number of esters is 1. The Kier molecular flexibility index (Phi) is 5.25. The lowest BCUT2D eigenvalue weighted by atomic mass is 9.98. The number of hydrogen-bond donors (Lipinski definition) is 0. The molecule has 1 aliphatic rings. The van der Waals surface area contributed by atoms with Gasteiger partial charge in [-0.15, -0.1) is 0 Å². The van der Waals surface area contributed by atoms with Crippen LogP contribution in [-0.4, -0.2) is 50.2 Å². The number of piperidine rings is 1. The van der Waals surface area contributed by atoms with Crippen LogP contribution in [0.15, 0.2) is 0 Å². The molecule has 5 heteroatoms. The van der Waals surface area contributed by atoms with Gasteiger partial charge in [0.25, 0.3) is 0 Å². The van der Waals surface area contributed by atoms with Crippen molar-refractivity contribution in [3.05, 3.63) is 0 Å². The largest absolute Gasteiger partial charge is 0.469 e. The van der Waals surface area contributed by atoms with E-state index in [-0.39, 0.29) is 24.4 Å². The molecule has 0 N–H and O–H groups in total. The zero-order chi connectivity index (χ0) is 12.0. The Morgan fingerprint density at radius 2 is 2.19 bits per heavy atom. The van der Waals surface area contributed by atoms with Crippen molar-refractivity contribution in [1.29, 1.82) is 0 Å². The first-order valence-electron chi connectivity index (χ1n) is 5.62. The highest BCUT2D eigenvalue weighted by Gasteiger charge is 2.28. The second-order valence-electron chi connectivity index (χ2n) is 3.84. The molecule has 16 heavy (non-hydrogen) atoms. The van der Waals surface area contributed by atoms with Crippen LogP contribution in [0.1, 0.15) is 19.8 Å². The minimum atomic E-state index is -0.228. The van der Waals surface area contributed by atoms with Gasteiger partial charge in [0.05, 0.1) is 13.0 Å². The standard InChI is InChI=1S/C11H19NO4/c1-3-16-8-10(13)12-6-4-5-9(7-12)11(14)15-2/h9H,3-8H2,1-2H3/t9-/m0/s1. The molecule has 0 unspecified atom stereocenters. The fraction of sp³-hybridized carbons (Fsp3) is 0.818. The summed E-state index contributed by atoms with van der Waals surface area (Å²) in [6.45, 7) is 3.64. The quantitative estimate of drug-likeness (QED) is 0.656. The Morgan fingerprint density at radius 1 is 1.44 bits per heavy atom. The summed E-state index contributed by atoms with van der Waals surface area (Å²) in [5, 5.41) is 0. The zero-order valence-corrected chi connectivity index (χ0v) is 9.90. The highest BCUT2D eigenvalue weighted by atomic mass is 16.5. The Morgan fingerprint density at radius 3 is 2.81 bits per heavy atom. The van der Waals surface area contributed by atoms with Gasteiger partial charge in [-0.2, -0.15) is 0 Å². The van der Waals surface area contributed by atoms with Gasteiger partial charge in [0, 0.05) is 19.7 Å². The molecular formula is C11H19NO4. The van der Waals surface area contributed by atoms with E-state index in [1.54, 1.807) is 4.90 Å². The molecule has 1 amide bonds. The zero-order valence-electron chi connectivity index (χ0n) is 9.90. The van der Waals surface area contributed by atoms with Gasteiger partial charge in [-0.25, -0.2) is 0 Å². The van der Waals surface area contributed by atoms with E-state index in [9.17, 15) is 9.59 Å². The lowest BCUT2D eigenvalue weighted by molar-refractivity contribution is -0.149. The van der Waals surface area contributed by atoms with Gasteiger partial charge < -0.3 is 14.4 Å². The number of rotatable bonds is 4. The Labute approximate surface area is 95.7 Å². The first kappa shape index (κ1) is 13.0. The summed E-state index contributed by atoms with van der Waals surface area (Å²) in [6.07, 6.45) is 1.64. The van der Waals surface area contributed by atoms with E-state index in [0.717, 1.165) is 12.8 Å². The van der Waals surface area contributed by atoms with E-state index in [4.69, 9.17) is 9.47 Å². The summed E-state index contributed by atoms with van der Waals surface area (Å²) in [5.41, 5.74) is 0. The molecule has 0 spiro atoms. The van der Waals surface area contributed by atoms with Gasteiger partial charge in [-0.05, 0) is 19.8 Å². The third-order valence-corrected chi connectivity index (χ3v) is 2.74. The summed E-state index contributed by atoms with van der Waals surface area (Å²) in [7, 11) is 1.38. The molecule has 1 heterocycles. The maximum atomic E-state index is 11.7. The fourth-order valence-electron chi connectivity index (χ4n) is 1.84. The van der Waals surface area contributed by atoms with Crippen LogP contribution in [0.4, 0.5) is 0 Å². The van der Waals surface area contributed by atoms with E-state index in [2.05, 4.69) is 0 Å². The van der Waals surface area contributed by atoms with Gasteiger partial charge in [0.15, 0.2) is 0 Å². The average molecular weight is 229 g/mol. The van der Waals surface area contributed by atoms with E-state index in [0.29, 0.717) is 19.7 Å². The minimum absolute atomic E-state index is 0.0459. The van der Waals surface area contributed by atoms with Gasteiger partial charge in [0.1, 0.15) is 6.61 Å². The number of carbonyl (C=O) groups excluding carboxylic acids is 2. The number of hydrogen-bond acceptors (Lipinski definition) is 4. The van der Waals surface area contributed by atoms with E-state index in [1.807, 2.05) is 6.92 Å². The van der Waals surface area contributed by atoms with Crippen molar-refractivity contribution in [1.82, 2.24) is 4.90 Å². The number of likely N-dealkylation sites (tertiary alicyclic amines) is 1. The maximum Gasteiger partial charge on any atom is 0.310 e. The molecule has 0 saturated carbocycles. The number of carbonyl (C=O) groups is 2. The molecule has 0 aromatic heterocycles. The van der Waals surface area contributed by atoms with Gasteiger partial charge in [0.2, 0.25) is 5.91 Å². The van der Waals surface area contributed by atoms with Gasteiger partial charge >= 0.3 is 5.97 Å². The molecule has 0 bridgehead atoms. The number of ether oxygens (including phenoxy) is 2. The van der Waals surface area contributed by atoms with Crippen LogP contribution in [-0.2, 0) is 19.1 Å². The lowest BCUT2D eigenvalue weighted by Crippen LogP contribution is -2.44. The molecule has 92 valence electrons. The molecule has 0 radical (unpaired) electrons. The molecule has 0 aromatic rings. The van der Waals surface area contributed by atoms with E-state index < -0.39 is 0 Å². The monoisotopic (exact) mass is 229 g/mol. The van der Waals surface area contributed by atoms with Crippen molar-refractivity contribution < 1.29 is 19.1 Å². The van der Waals surface area contributed by atoms with Crippen LogP contribution in [0.2, 0.25) is 0 Å². The predicted octanol–water partition coefficient (Wildman–Crippen LogP) is 0.435. The van der Waals surface area contributed by atoms with Gasteiger partial charge in [-0.3, -0.25) is 9.59 Å². The number of nitrogens with zero attached hydrogens (tertiary/aromatic N) is 1. The van der Waals surface area contributed by atoms with Crippen molar-refractivity contribution in [2.24, 2.45) is 5.92 Å². The van der Waals surface area contributed by atoms with Crippen molar-refractivity contribution in [2.75, 3.05) is 33.4 Å². The van der Waals surface area contributed by atoms with Crippen LogP contribution in [0.3, 0.4) is 0 Å². The topological polar surface area (TPSA) is 55.8 Å². The third kappa shape index (κ3) is 3.48. The minimum Gasteiger partial charge on any atom is -0.469 e. The average Bonchev–Trinajstić information content (AvgIpc) is 2.35. The van der Waals surface area contributed by atoms with Crippen LogP contribution in [0, 0.1) is 5.92 Å². The second-order valence-corrected chi connectivity index (χ2v) is 3.84. The SMILES string of the molecule is CCOCC(=O)N1CCC[C@H](C(=O)OC)C1. The Bertz CT molecular complexity index is 254. The smallest absolute Gasteiger partial charge is 0.310 e. The van der Waals surface area contributed by atoms with E-state index >= 15 is 0 Å². The van der Waals surface area contributed by atoms with Crippen LogP contribution in [0.25, 0.3) is 0 Å². The summed E-state index contributed by atoms with van der Waals surface area (Å²) >= 11 is 0. The van der Waals surface area contributed by atoms with Crippen molar-refractivity contribution >= 4 is 11.9 Å². The fourth-order valence-corrected chi connectivity index (χ4v) is 1.84.